The van der Waals surface area contributed by atoms with Gasteiger partial charge in [0.2, 0.25) is 11.8 Å². The monoisotopic (exact) mass is 429 g/mol. The number of carbonyl (C=O) groups is 3. The zero-order valence-corrected chi connectivity index (χ0v) is 16.2. The van der Waals surface area contributed by atoms with E-state index in [0.717, 1.165) is 9.37 Å². The number of rotatable bonds is 2. The molecule has 2 amide bonds. The Morgan fingerprint density at radius 2 is 1.74 bits per heavy atom. The molecular formula is C20H16BrNO5. The van der Waals surface area contributed by atoms with Crippen molar-refractivity contribution in [2.45, 2.75) is 12.8 Å². The van der Waals surface area contributed by atoms with E-state index in [9.17, 15) is 14.4 Å². The third-order valence-corrected chi connectivity index (χ3v) is 5.61. The summed E-state index contributed by atoms with van der Waals surface area (Å²) >= 11 is 3.40. The first-order valence-electron chi connectivity index (χ1n) is 8.45. The highest BCUT2D eigenvalue weighted by Crippen LogP contribution is 2.47. The SMILES string of the molecule is COc1ccc(N2C(=O)[C@H]3C(=O)Oc4ccc(Br)cc4[C@@H]3[C@H](C)C2=O)cc1. The average Bonchev–Trinajstić information content (AvgIpc) is 2.66. The zero-order chi connectivity index (χ0) is 19.3. The summed E-state index contributed by atoms with van der Waals surface area (Å²) in [6.45, 7) is 1.74. The summed E-state index contributed by atoms with van der Waals surface area (Å²) in [7, 11) is 1.53. The molecule has 0 aliphatic carbocycles. The van der Waals surface area contributed by atoms with E-state index in [4.69, 9.17) is 9.47 Å². The van der Waals surface area contributed by atoms with Crippen LogP contribution in [0.4, 0.5) is 5.69 Å². The minimum Gasteiger partial charge on any atom is -0.497 e. The minimum absolute atomic E-state index is 0.341. The van der Waals surface area contributed by atoms with E-state index in [1.807, 2.05) is 0 Å². The highest BCUT2D eigenvalue weighted by molar-refractivity contribution is 9.10. The molecule has 6 nitrogen and oxygen atoms in total. The molecule has 2 aliphatic rings. The van der Waals surface area contributed by atoms with Crippen molar-refractivity contribution in [1.29, 1.82) is 0 Å². The number of fused-ring (bicyclic) bond motifs is 3. The fraction of sp³-hybridized carbons (Fsp3) is 0.250. The molecule has 0 saturated carbocycles. The highest BCUT2D eigenvalue weighted by atomic mass is 79.9. The Morgan fingerprint density at radius 3 is 2.41 bits per heavy atom. The number of piperidine rings is 1. The summed E-state index contributed by atoms with van der Waals surface area (Å²) in [6, 6.07) is 11.8. The first kappa shape index (κ1) is 17.7. The Hall–Kier alpha value is -2.67. The fourth-order valence-corrected chi connectivity index (χ4v) is 4.15. The van der Waals surface area contributed by atoms with Crippen LogP contribution in [0.2, 0.25) is 0 Å². The maximum Gasteiger partial charge on any atom is 0.324 e. The van der Waals surface area contributed by atoms with Crippen LogP contribution in [0.25, 0.3) is 0 Å². The molecule has 1 saturated heterocycles. The summed E-state index contributed by atoms with van der Waals surface area (Å²) in [6.07, 6.45) is 0. The van der Waals surface area contributed by atoms with Gasteiger partial charge in [0.05, 0.1) is 12.8 Å². The number of hydrogen-bond acceptors (Lipinski definition) is 5. The van der Waals surface area contributed by atoms with Crippen molar-refractivity contribution in [3.63, 3.8) is 0 Å². The van der Waals surface area contributed by atoms with Crippen LogP contribution in [0.1, 0.15) is 18.4 Å². The van der Waals surface area contributed by atoms with Crippen molar-refractivity contribution >= 4 is 39.4 Å². The number of anilines is 1. The number of methoxy groups -OCH3 is 1. The van der Waals surface area contributed by atoms with Gasteiger partial charge in [0.1, 0.15) is 17.4 Å². The van der Waals surface area contributed by atoms with E-state index in [1.54, 1.807) is 49.4 Å². The Kier molecular flexibility index (Phi) is 4.26. The van der Waals surface area contributed by atoms with E-state index in [1.165, 1.54) is 7.11 Å². The number of esters is 1. The van der Waals surface area contributed by atoms with Crippen LogP contribution < -0.4 is 14.4 Å². The first-order chi connectivity index (χ1) is 12.9. The number of carbonyl (C=O) groups excluding carboxylic acids is 3. The molecule has 3 atom stereocenters. The molecule has 0 aromatic heterocycles. The topological polar surface area (TPSA) is 72.9 Å². The van der Waals surface area contributed by atoms with Gasteiger partial charge in [-0.2, -0.15) is 0 Å². The lowest BCUT2D eigenvalue weighted by Crippen LogP contribution is -2.57. The molecule has 2 aromatic rings. The molecular weight excluding hydrogens is 414 g/mol. The normalized spacial score (nSPS) is 24.2. The van der Waals surface area contributed by atoms with Crippen molar-refractivity contribution in [2.24, 2.45) is 11.8 Å². The van der Waals surface area contributed by atoms with E-state index in [-0.39, 0.29) is 5.91 Å². The Balaban J connectivity index is 1.79. The van der Waals surface area contributed by atoms with Gasteiger partial charge in [0.25, 0.3) is 0 Å². The summed E-state index contributed by atoms with van der Waals surface area (Å²) in [5.74, 6) is -2.69. The number of halogens is 1. The van der Waals surface area contributed by atoms with Gasteiger partial charge in [-0.1, -0.05) is 22.9 Å². The molecule has 0 radical (unpaired) electrons. The molecule has 1 fully saturated rings. The summed E-state index contributed by atoms with van der Waals surface area (Å²) in [4.78, 5) is 39.9. The van der Waals surface area contributed by atoms with Crippen molar-refractivity contribution in [2.75, 3.05) is 12.0 Å². The average molecular weight is 430 g/mol. The van der Waals surface area contributed by atoms with Crippen LogP contribution >= 0.6 is 15.9 Å². The van der Waals surface area contributed by atoms with Crippen molar-refractivity contribution in [3.8, 4) is 11.5 Å². The molecule has 0 spiro atoms. The number of ether oxygens (including phenoxy) is 2. The van der Waals surface area contributed by atoms with Gasteiger partial charge in [-0.3, -0.25) is 14.4 Å². The van der Waals surface area contributed by atoms with Crippen molar-refractivity contribution < 1.29 is 23.9 Å². The lowest BCUT2D eigenvalue weighted by molar-refractivity contribution is -0.151. The molecule has 2 heterocycles. The lowest BCUT2D eigenvalue weighted by Gasteiger charge is -2.42. The second kappa shape index (κ2) is 6.49. The molecule has 4 rings (SSSR count). The van der Waals surface area contributed by atoms with Crippen LogP contribution in [0, 0.1) is 11.8 Å². The quantitative estimate of drug-likeness (QED) is 0.317. The van der Waals surface area contributed by atoms with E-state index in [0.29, 0.717) is 22.7 Å². The van der Waals surface area contributed by atoms with E-state index < -0.39 is 29.6 Å². The number of imide groups is 1. The van der Waals surface area contributed by atoms with Gasteiger partial charge >= 0.3 is 5.97 Å². The number of benzene rings is 2. The summed E-state index contributed by atoms with van der Waals surface area (Å²) in [5, 5.41) is 0. The standard InChI is InChI=1S/C20H16BrNO5/c1-10-16-14-9-11(21)3-8-15(14)27-20(25)17(16)19(24)22(18(10)23)12-4-6-13(26-2)7-5-12/h3-10,16-17H,1-2H3/t10-,16-,17-/m0/s1. The van der Waals surface area contributed by atoms with Crippen LogP contribution in [0.5, 0.6) is 11.5 Å². The predicted octanol–water partition coefficient (Wildman–Crippen LogP) is 3.29. The predicted molar refractivity (Wildman–Crippen MR) is 101 cm³/mol. The number of amides is 2. The van der Waals surface area contributed by atoms with E-state index in [2.05, 4.69) is 15.9 Å². The maximum atomic E-state index is 13.1. The second-order valence-corrected chi connectivity index (χ2v) is 7.52. The lowest BCUT2D eigenvalue weighted by atomic mass is 9.72. The Morgan fingerprint density at radius 1 is 1.04 bits per heavy atom. The van der Waals surface area contributed by atoms with Gasteiger partial charge in [0.15, 0.2) is 0 Å². The molecule has 27 heavy (non-hydrogen) atoms. The first-order valence-corrected chi connectivity index (χ1v) is 9.24. The van der Waals surface area contributed by atoms with Gasteiger partial charge < -0.3 is 9.47 Å². The third kappa shape index (κ3) is 2.73. The van der Waals surface area contributed by atoms with Gasteiger partial charge in [0, 0.05) is 21.9 Å². The van der Waals surface area contributed by atoms with Gasteiger partial charge in [-0.05, 0) is 42.5 Å². The molecule has 7 heteroatoms. The number of hydrogen-bond donors (Lipinski definition) is 0. The smallest absolute Gasteiger partial charge is 0.324 e. The van der Waals surface area contributed by atoms with Crippen LogP contribution in [0.3, 0.4) is 0 Å². The Labute approximate surface area is 164 Å². The maximum absolute atomic E-state index is 13.1. The van der Waals surface area contributed by atoms with Crippen LogP contribution in [0.15, 0.2) is 46.9 Å². The molecule has 138 valence electrons. The summed E-state index contributed by atoms with van der Waals surface area (Å²) < 4.78 is 11.3. The number of nitrogens with zero attached hydrogens (tertiary/aromatic N) is 1. The molecule has 0 N–H and O–H groups in total. The van der Waals surface area contributed by atoms with Gasteiger partial charge in [-0.15, -0.1) is 0 Å². The molecule has 2 aromatic carbocycles. The summed E-state index contributed by atoms with van der Waals surface area (Å²) in [5.41, 5.74) is 1.10. The van der Waals surface area contributed by atoms with Gasteiger partial charge in [-0.25, -0.2) is 4.90 Å². The largest absolute Gasteiger partial charge is 0.497 e. The zero-order valence-electron chi connectivity index (χ0n) is 14.6. The molecule has 0 bridgehead atoms. The minimum atomic E-state index is -1.05. The Bertz CT molecular complexity index is 955. The van der Waals surface area contributed by atoms with Crippen molar-refractivity contribution in [1.82, 2.24) is 0 Å². The fourth-order valence-electron chi connectivity index (χ4n) is 3.77. The molecule has 2 aliphatic heterocycles. The van der Waals surface area contributed by atoms with Crippen LogP contribution in [-0.2, 0) is 14.4 Å². The van der Waals surface area contributed by atoms with E-state index >= 15 is 0 Å². The van der Waals surface area contributed by atoms with Crippen molar-refractivity contribution in [3.05, 3.63) is 52.5 Å². The van der Waals surface area contributed by atoms with Crippen LogP contribution in [-0.4, -0.2) is 24.9 Å². The molecule has 0 unspecified atom stereocenters. The third-order valence-electron chi connectivity index (χ3n) is 5.12. The second-order valence-electron chi connectivity index (χ2n) is 6.61. The highest BCUT2D eigenvalue weighted by Gasteiger charge is 2.54.